The molecule has 114 valence electrons. The van der Waals surface area contributed by atoms with Crippen LogP contribution in [0.4, 0.5) is 10.5 Å². The predicted octanol–water partition coefficient (Wildman–Crippen LogP) is 1.51. The van der Waals surface area contributed by atoms with Crippen molar-refractivity contribution < 1.29 is 14.3 Å². The molecule has 0 saturated carbocycles. The van der Waals surface area contributed by atoms with E-state index in [1.807, 2.05) is 0 Å². The van der Waals surface area contributed by atoms with Crippen LogP contribution >= 0.6 is 0 Å². The molecule has 0 spiro atoms. The van der Waals surface area contributed by atoms with Crippen molar-refractivity contribution in [1.29, 1.82) is 0 Å². The van der Waals surface area contributed by atoms with Crippen LogP contribution in [0.25, 0.3) is 0 Å². The number of anilines is 1. The Morgan fingerprint density at radius 3 is 2.45 bits per heavy atom. The molecule has 22 heavy (non-hydrogen) atoms. The Morgan fingerprint density at radius 2 is 1.91 bits per heavy atom. The van der Waals surface area contributed by atoms with Gasteiger partial charge >= 0.3 is 6.03 Å². The summed E-state index contributed by atoms with van der Waals surface area (Å²) in [7, 11) is 1.52. The number of rotatable bonds is 5. The molecule has 1 aromatic heterocycles. The lowest BCUT2D eigenvalue weighted by molar-refractivity contribution is 0.102. The number of nitrogens with two attached hydrogens (primary N) is 1. The topological polar surface area (TPSA) is 106 Å². The van der Waals surface area contributed by atoms with E-state index in [1.54, 1.807) is 36.4 Å². The van der Waals surface area contributed by atoms with Crippen molar-refractivity contribution >= 4 is 17.6 Å². The molecule has 2 aromatic rings. The van der Waals surface area contributed by atoms with Gasteiger partial charge in [-0.1, -0.05) is 12.1 Å². The van der Waals surface area contributed by atoms with Crippen molar-refractivity contribution in [2.24, 2.45) is 5.73 Å². The number of pyridine rings is 1. The van der Waals surface area contributed by atoms with Crippen molar-refractivity contribution in [3.05, 3.63) is 53.7 Å². The van der Waals surface area contributed by atoms with Crippen molar-refractivity contribution in [3.63, 3.8) is 0 Å². The zero-order valence-electron chi connectivity index (χ0n) is 12.0. The minimum absolute atomic E-state index is 0.249. The minimum atomic E-state index is -0.589. The second-order valence-electron chi connectivity index (χ2n) is 4.46. The predicted molar refractivity (Wildman–Crippen MR) is 81.6 cm³/mol. The van der Waals surface area contributed by atoms with Crippen LogP contribution < -0.4 is 21.1 Å². The fourth-order valence-corrected chi connectivity index (χ4v) is 1.74. The third-order valence-corrected chi connectivity index (χ3v) is 2.89. The normalized spacial score (nSPS) is 9.86. The van der Waals surface area contributed by atoms with E-state index in [0.29, 0.717) is 23.7 Å². The molecule has 2 rings (SSSR count). The third kappa shape index (κ3) is 4.20. The first-order valence-corrected chi connectivity index (χ1v) is 6.52. The van der Waals surface area contributed by atoms with E-state index in [9.17, 15) is 9.59 Å². The summed E-state index contributed by atoms with van der Waals surface area (Å²) < 4.78 is 4.95. The number of methoxy groups -OCH3 is 1. The van der Waals surface area contributed by atoms with Gasteiger partial charge in [0, 0.05) is 18.2 Å². The summed E-state index contributed by atoms with van der Waals surface area (Å²) >= 11 is 0. The molecule has 1 aromatic carbocycles. The van der Waals surface area contributed by atoms with Gasteiger partial charge in [0.25, 0.3) is 5.91 Å². The molecule has 0 aliphatic heterocycles. The summed E-state index contributed by atoms with van der Waals surface area (Å²) in [6.07, 6.45) is 1.52. The number of urea groups is 1. The monoisotopic (exact) mass is 300 g/mol. The lowest BCUT2D eigenvalue weighted by Gasteiger charge is -2.07. The number of nitrogens with one attached hydrogen (secondary N) is 2. The van der Waals surface area contributed by atoms with E-state index in [2.05, 4.69) is 15.6 Å². The number of amides is 3. The van der Waals surface area contributed by atoms with Gasteiger partial charge in [0.2, 0.25) is 5.88 Å². The number of hydrogen-bond donors (Lipinski definition) is 3. The maximum Gasteiger partial charge on any atom is 0.312 e. The van der Waals surface area contributed by atoms with Crippen LogP contribution in [0, 0.1) is 0 Å². The average molecular weight is 300 g/mol. The van der Waals surface area contributed by atoms with E-state index in [-0.39, 0.29) is 5.91 Å². The Hall–Kier alpha value is -3.09. The number of benzene rings is 1. The average Bonchev–Trinajstić information content (AvgIpc) is 2.54. The molecule has 0 bridgehead atoms. The lowest BCUT2D eigenvalue weighted by Crippen LogP contribution is -2.28. The van der Waals surface area contributed by atoms with Gasteiger partial charge in [0.05, 0.1) is 19.0 Å². The summed E-state index contributed by atoms with van der Waals surface area (Å²) in [4.78, 5) is 26.7. The first-order chi connectivity index (χ1) is 10.6. The smallest absolute Gasteiger partial charge is 0.312 e. The highest BCUT2D eigenvalue weighted by Gasteiger charge is 2.06. The highest BCUT2D eigenvalue weighted by Crippen LogP contribution is 2.13. The maximum absolute atomic E-state index is 12.1. The summed E-state index contributed by atoms with van der Waals surface area (Å²) in [5.41, 5.74) is 6.92. The van der Waals surface area contributed by atoms with Crippen LogP contribution in [0.15, 0.2) is 42.6 Å². The molecule has 0 saturated heterocycles. The molecule has 1 heterocycles. The highest BCUT2D eigenvalue weighted by molar-refractivity contribution is 6.04. The fourth-order valence-electron chi connectivity index (χ4n) is 1.74. The molecule has 3 amide bonds. The molecule has 0 unspecified atom stereocenters. The van der Waals surface area contributed by atoms with Crippen LogP contribution in [0.1, 0.15) is 15.9 Å². The molecule has 0 radical (unpaired) electrons. The number of aromatic nitrogens is 1. The van der Waals surface area contributed by atoms with Crippen molar-refractivity contribution in [2.75, 3.05) is 12.4 Å². The number of carbonyl (C=O) groups is 2. The van der Waals surface area contributed by atoms with E-state index in [1.165, 1.54) is 13.3 Å². The quantitative estimate of drug-likeness (QED) is 0.778. The van der Waals surface area contributed by atoms with E-state index < -0.39 is 6.03 Å². The molecule has 7 heteroatoms. The Bertz CT molecular complexity index is 653. The molecule has 0 aliphatic carbocycles. The molecule has 4 N–H and O–H groups in total. The van der Waals surface area contributed by atoms with E-state index in [4.69, 9.17) is 10.5 Å². The number of hydrogen-bond acceptors (Lipinski definition) is 4. The summed E-state index contributed by atoms with van der Waals surface area (Å²) in [6, 6.07) is 9.61. The number of nitrogens with zero attached hydrogens (tertiary/aromatic N) is 1. The second-order valence-corrected chi connectivity index (χ2v) is 4.46. The Labute approximate surface area is 127 Å². The Kier molecular flexibility index (Phi) is 4.92. The van der Waals surface area contributed by atoms with Crippen LogP contribution in [-0.4, -0.2) is 24.0 Å². The first kappa shape index (κ1) is 15.3. The van der Waals surface area contributed by atoms with Crippen LogP contribution in [0.2, 0.25) is 0 Å². The number of carbonyl (C=O) groups excluding carboxylic acids is 2. The summed E-state index contributed by atoms with van der Waals surface area (Å²) in [6.45, 7) is 0.319. The number of primary amides is 1. The van der Waals surface area contributed by atoms with Crippen molar-refractivity contribution in [2.45, 2.75) is 6.54 Å². The Balaban J connectivity index is 1.98. The maximum atomic E-state index is 12.1. The van der Waals surface area contributed by atoms with Crippen molar-refractivity contribution in [3.8, 4) is 5.88 Å². The molecule has 0 atom stereocenters. The standard InChI is InChI=1S/C15H16N4O3/c1-22-13-7-6-12(9-17-13)19-14(20)11-4-2-10(3-5-11)8-18-15(16)21/h2-7,9H,8H2,1H3,(H,19,20)(H3,16,18,21). The fraction of sp³-hybridized carbons (Fsp3) is 0.133. The molecule has 7 nitrogen and oxygen atoms in total. The number of ether oxygens (including phenoxy) is 1. The SMILES string of the molecule is COc1ccc(NC(=O)c2ccc(CNC(N)=O)cc2)cn1. The molecular formula is C15H16N4O3. The largest absolute Gasteiger partial charge is 0.481 e. The van der Waals surface area contributed by atoms with E-state index >= 15 is 0 Å². The Morgan fingerprint density at radius 1 is 1.18 bits per heavy atom. The molecular weight excluding hydrogens is 284 g/mol. The zero-order chi connectivity index (χ0) is 15.9. The second kappa shape index (κ2) is 7.07. The van der Waals surface area contributed by atoms with Gasteiger partial charge in [-0.2, -0.15) is 0 Å². The minimum Gasteiger partial charge on any atom is -0.481 e. The van der Waals surface area contributed by atoms with Gasteiger partial charge in [-0.3, -0.25) is 4.79 Å². The molecule has 0 fully saturated rings. The highest BCUT2D eigenvalue weighted by atomic mass is 16.5. The van der Waals surface area contributed by atoms with Gasteiger partial charge < -0.3 is 21.1 Å². The van der Waals surface area contributed by atoms with E-state index in [0.717, 1.165) is 5.56 Å². The van der Waals surface area contributed by atoms with Crippen LogP contribution in [-0.2, 0) is 6.54 Å². The van der Waals surface area contributed by atoms with Gasteiger partial charge in [0.1, 0.15) is 0 Å². The third-order valence-electron chi connectivity index (χ3n) is 2.89. The van der Waals surface area contributed by atoms with Gasteiger partial charge in [-0.05, 0) is 23.8 Å². The first-order valence-electron chi connectivity index (χ1n) is 6.52. The summed E-state index contributed by atoms with van der Waals surface area (Å²) in [5.74, 6) is 0.227. The van der Waals surface area contributed by atoms with Crippen LogP contribution in [0.3, 0.4) is 0 Å². The molecule has 0 aliphatic rings. The van der Waals surface area contributed by atoms with Gasteiger partial charge in [-0.25, -0.2) is 9.78 Å². The van der Waals surface area contributed by atoms with Crippen LogP contribution in [0.5, 0.6) is 5.88 Å². The summed E-state index contributed by atoms with van der Waals surface area (Å²) in [5, 5.41) is 5.21. The van der Waals surface area contributed by atoms with Crippen molar-refractivity contribution in [1.82, 2.24) is 10.3 Å². The lowest BCUT2D eigenvalue weighted by atomic mass is 10.1. The van der Waals surface area contributed by atoms with Gasteiger partial charge in [0.15, 0.2) is 0 Å². The zero-order valence-corrected chi connectivity index (χ0v) is 12.0. The van der Waals surface area contributed by atoms with Gasteiger partial charge in [-0.15, -0.1) is 0 Å².